The van der Waals surface area contributed by atoms with Crippen LogP contribution in [0.1, 0.15) is 33.3 Å². The standard InChI is InChI=1S/C23H21N3O3/c1-15-12-16-6-3-4-9-21(16)26(15)19-10-11-20(24-14-19)22(27)25-18-8-5-7-17(13-18)23(28)29-2/h3-11,13-15H,12H2,1-2H3,(H,25,27). The number of pyridine rings is 1. The fourth-order valence-corrected chi connectivity index (χ4v) is 3.66. The van der Waals surface area contributed by atoms with Crippen molar-refractivity contribution < 1.29 is 14.3 Å². The molecule has 1 atom stereocenters. The van der Waals surface area contributed by atoms with Crippen LogP contribution in [0.15, 0.2) is 66.9 Å². The summed E-state index contributed by atoms with van der Waals surface area (Å²) in [4.78, 5) is 30.8. The maximum absolute atomic E-state index is 12.6. The van der Waals surface area contributed by atoms with Gasteiger partial charge >= 0.3 is 5.97 Å². The Morgan fingerprint density at radius 2 is 1.93 bits per heavy atom. The Hall–Kier alpha value is -3.67. The largest absolute Gasteiger partial charge is 0.465 e. The molecule has 146 valence electrons. The third-order valence-corrected chi connectivity index (χ3v) is 5.01. The van der Waals surface area contributed by atoms with Gasteiger partial charge in [-0.05, 0) is 55.3 Å². The number of ether oxygens (including phenoxy) is 1. The molecule has 0 aliphatic carbocycles. The first kappa shape index (κ1) is 18.7. The van der Waals surface area contributed by atoms with Crippen LogP contribution >= 0.6 is 0 Å². The van der Waals surface area contributed by atoms with E-state index in [1.54, 1.807) is 36.5 Å². The molecule has 1 N–H and O–H groups in total. The molecule has 0 spiro atoms. The smallest absolute Gasteiger partial charge is 0.337 e. The van der Waals surface area contributed by atoms with E-state index in [-0.39, 0.29) is 5.91 Å². The molecule has 0 bridgehead atoms. The summed E-state index contributed by atoms with van der Waals surface area (Å²) in [6.45, 7) is 2.18. The fraction of sp³-hybridized carbons (Fsp3) is 0.174. The molecule has 1 unspecified atom stereocenters. The average Bonchev–Trinajstić information content (AvgIpc) is 3.09. The van der Waals surface area contributed by atoms with Gasteiger partial charge in [-0.3, -0.25) is 4.79 Å². The van der Waals surface area contributed by atoms with Gasteiger partial charge in [-0.2, -0.15) is 0 Å². The minimum Gasteiger partial charge on any atom is -0.465 e. The maximum atomic E-state index is 12.6. The third kappa shape index (κ3) is 3.69. The van der Waals surface area contributed by atoms with Crippen molar-refractivity contribution in [2.24, 2.45) is 0 Å². The topological polar surface area (TPSA) is 71.5 Å². The first-order valence-electron chi connectivity index (χ1n) is 9.40. The van der Waals surface area contributed by atoms with Crippen LogP contribution in [0.4, 0.5) is 17.1 Å². The number of methoxy groups -OCH3 is 1. The number of carbonyl (C=O) groups is 2. The fourth-order valence-electron chi connectivity index (χ4n) is 3.66. The van der Waals surface area contributed by atoms with E-state index in [2.05, 4.69) is 40.3 Å². The highest BCUT2D eigenvalue weighted by Gasteiger charge is 2.27. The number of rotatable bonds is 4. The van der Waals surface area contributed by atoms with Crippen LogP contribution in [-0.4, -0.2) is 30.0 Å². The second kappa shape index (κ2) is 7.75. The summed E-state index contributed by atoms with van der Waals surface area (Å²) in [5, 5.41) is 2.77. The zero-order valence-corrected chi connectivity index (χ0v) is 16.3. The van der Waals surface area contributed by atoms with Gasteiger partial charge in [0, 0.05) is 17.4 Å². The summed E-state index contributed by atoms with van der Waals surface area (Å²) < 4.78 is 4.71. The van der Waals surface area contributed by atoms with Crippen molar-refractivity contribution in [3.63, 3.8) is 0 Å². The van der Waals surface area contributed by atoms with E-state index in [9.17, 15) is 9.59 Å². The molecular formula is C23H21N3O3. The molecule has 0 radical (unpaired) electrons. The van der Waals surface area contributed by atoms with E-state index in [4.69, 9.17) is 4.74 Å². The van der Waals surface area contributed by atoms with E-state index >= 15 is 0 Å². The molecular weight excluding hydrogens is 366 g/mol. The molecule has 6 nitrogen and oxygen atoms in total. The van der Waals surface area contributed by atoms with Crippen LogP contribution in [0.5, 0.6) is 0 Å². The monoisotopic (exact) mass is 387 g/mol. The second-order valence-corrected chi connectivity index (χ2v) is 6.98. The normalized spacial score (nSPS) is 15.0. The Labute approximate surface area is 169 Å². The summed E-state index contributed by atoms with van der Waals surface area (Å²) in [6, 6.07) is 18.9. The zero-order valence-electron chi connectivity index (χ0n) is 16.3. The van der Waals surface area contributed by atoms with E-state index in [1.165, 1.54) is 18.4 Å². The molecule has 1 aliphatic rings. The summed E-state index contributed by atoms with van der Waals surface area (Å²) in [5.41, 5.74) is 4.62. The van der Waals surface area contributed by atoms with Gasteiger partial charge in [0.05, 0.1) is 24.6 Å². The van der Waals surface area contributed by atoms with Gasteiger partial charge in [0.2, 0.25) is 0 Å². The average molecular weight is 387 g/mol. The number of hydrogen-bond acceptors (Lipinski definition) is 5. The molecule has 29 heavy (non-hydrogen) atoms. The van der Waals surface area contributed by atoms with Crippen LogP contribution in [0.25, 0.3) is 0 Å². The van der Waals surface area contributed by atoms with Gasteiger partial charge < -0.3 is 15.0 Å². The highest BCUT2D eigenvalue weighted by Crippen LogP contribution is 2.37. The lowest BCUT2D eigenvalue weighted by Crippen LogP contribution is -2.24. The molecule has 6 heteroatoms. The third-order valence-electron chi connectivity index (χ3n) is 5.01. The quantitative estimate of drug-likeness (QED) is 0.679. The maximum Gasteiger partial charge on any atom is 0.337 e. The van der Waals surface area contributed by atoms with Gasteiger partial charge in [-0.1, -0.05) is 24.3 Å². The molecule has 1 aliphatic heterocycles. The van der Waals surface area contributed by atoms with E-state index in [0.717, 1.165) is 12.1 Å². The number of aromatic nitrogens is 1. The minimum absolute atomic E-state index is 0.303. The lowest BCUT2D eigenvalue weighted by atomic mass is 10.1. The number of hydrogen-bond donors (Lipinski definition) is 1. The zero-order chi connectivity index (χ0) is 20.4. The van der Waals surface area contributed by atoms with E-state index in [1.807, 2.05) is 12.1 Å². The van der Waals surface area contributed by atoms with E-state index in [0.29, 0.717) is 23.0 Å². The van der Waals surface area contributed by atoms with Crippen LogP contribution < -0.4 is 10.2 Å². The van der Waals surface area contributed by atoms with Crippen molar-refractivity contribution in [2.75, 3.05) is 17.3 Å². The van der Waals surface area contributed by atoms with Crippen LogP contribution in [-0.2, 0) is 11.2 Å². The molecule has 2 aromatic carbocycles. The number of para-hydroxylation sites is 1. The molecule has 0 saturated heterocycles. The molecule has 2 heterocycles. The number of fused-ring (bicyclic) bond motifs is 1. The molecule has 4 rings (SSSR count). The predicted octanol–water partition coefficient (Wildman–Crippen LogP) is 4.20. The molecule has 3 aromatic rings. The van der Waals surface area contributed by atoms with Crippen molar-refractivity contribution in [3.8, 4) is 0 Å². The van der Waals surface area contributed by atoms with E-state index < -0.39 is 5.97 Å². The Morgan fingerprint density at radius 3 is 2.69 bits per heavy atom. The van der Waals surface area contributed by atoms with Crippen LogP contribution in [0.3, 0.4) is 0 Å². The van der Waals surface area contributed by atoms with Crippen molar-refractivity contribution in [1.82, 2.24) is 4.98 Å². The lowest BCUT2D eigenvalue weighted by Gasteiger charge is -2.24. The summed E-state index contributed by atoms with van der Waals surface area (Å²) in [6.07, 6.45) is 2.70. The van der Waals surface area contributed by atoms with Crippen LogP contribution in [0, 0.1) is 0 Å². The number of nitrogens with one attached hydrogen (secondary N) is 1. The minimum atomic E-state index is -0.455. The van der Waals surface area contributed by atoms with Crippen molar-refractivity contribution in [1.29, 1.82) is 0 Å². The summed E-state index contributed by atoms with van der Waals surface area (Å²) in [7, 11) is 1.32. The summed E-state index contributed by atoms with van der Waals surface area (Å²) in [5.74, 6) is -0.794. The number of esters is 1. The van der Waals surface area contributed by atoms with Crippen molar-refractivity contribution >= 4 is 28.9 Å². The lowest BCUT2D eigenvalue weighted by molar-refractivity contribution is 0.0600. The number of amides is 1. The number of anilines is 3. The van der Waals surface area contributed by atoms with Gasteiger partial charge in [0.25, 0.3) is 5.91 Å². The molecule has 0 fully saturated rings. The first-order chi connectivity index (χ1) is 14.1. The SMILES string of the molecule is COC(=O)c1cccc(NC(=O)c2ccc(N3c4ccccc4CC3C)cn2)c1. The molecule has 1 aromatic heterocycles. The Kier molecular flexibility index (Phi) is 4.99. The highest BCUT2D eigenvalue weighted by molar-refractivity contribution is 6.03. The van der Waals surface area contributed by atoms with Gasteiger partial charge in [0.15, 0.2) is 0 Å². The van der Waals surface area contributed by atoms with Gasteiger partial charge in [-0.15, -0.1) is 0 Å². The van der Waals surface area contributed by atoms with Crippen molar-refractivity contribution in [3.05, 3.63) is 83.7 Å². The highest BCUT2D eigenvalue weighted by atomic mass is 16.5. The molecule has 1 amide bonds. The van der Waals surface area contributed by atoms with Gasteiger partial charge in [0.1, 0.15) is 5.69 Å². The Morgan fingerprint density at radius 1 is 1.10 bits per heavy atom. The predicted molar refractivity (Wildman–Crippen MR) is 112 cm³/mol. The second-order valence-electron chi connectivity index (χ2n) is 6.98. The number of nitrogens with zero attached hydrogens (tertiary/aromatic N) is 2. The Bertz CT molecular complexity index is 1060. The Balaban J connectivity index is 1.51. The van der Waals surface area contributed by atoms with Gasteiger partial charge in [-0.25, -0.2) is 9.78 Å². The molecule has 0 saturated carbocycles. The number of carbonyl (C=O) groups excluding carboxylic acids is 2. The van der Waals surface area contributed by atoms with Crippen molar-refractivity contribution in [2.45, 2.75) is 19.4 Å². The first-order valence-corrected chi connectivity index (χ1v) is 9.40. The number of benzene rings is 2. The van der Waals surface area contributed by atoms with Crippen LogP contribution in [0.2, 0.25) is 0 Å². The summed E-state index contributed by atoms with van der Waals surface area (Å²) >= 11 is 0.